The van der Waals surface area contributed by atoms with Crippen molar-refractivity contribution in [2.45, 2.75) is 24.8 Å². The third-order valence-electron chi connectivity index (χ3n) is 6.52. The maximum absolute atomic E-state index is 13.9. The second-order valence-corrected chi connectivity index (χ2v) is 10.5. The third kappa shape index (κ3) is 3.59. The van der Waals surface area contributed by atoms with Crippen LogP contribution in [0.4, 0.5) is 11.4 Å². The van der Waals surface area contributed by atoms with E-state index in [0.717, 1.165) is 28.4 Å². The molecule has 1 N–H and O–H groups in total. The second kappa shape index (κ2) is 8.70. The number of ketones is 1. The van der Waals surface area contributed by atoms with Crippen LogP contribution in [0.2, 0.25) is 0 Å². The number of nitrogens with zero attached hydrogens (tertiary/aromatic N) is 1. The molecule has 2 aromatic heterocycles. The lowest BCUT2D eigenvalue weighted by atomic mass is 9.79. The third-order valence-corrected chi connectivity index (χ3v) is 8.31. The zero-order valence-corrected chi connectivity index (χ0v) is 19.9. The molecule has 0 spiro atoms. The van der Waals surface area contributed by atoms with Crippen LogP contribution in [0, 0.1) is 0 Å². The molecule has 1 aliphatic heterocycles. The van der Waals surface area contributed by atoms with Crippen LogP contribution in [0.25, 0.3) is 0 Å². The lowest BCUT2D eigenvalue weighted by molar-refractivity contribution is -0.116. The number of allylic oxidation sites excluding steroid dienone is 1. The van der Waals surface area contributed by atoms with Crippen LogP contribution in [-0.4, -0.2) is 11.7 Å². The van der Waals surface area contributed by atoms with E-state index in [1.807, 2.05) is 82.4 Å². The minimum Gasteiger partial charge on any atom is -0.357 e. The molecular formula is C28H22N2O2S2. The van der Waals surface area contributed by atoms with Crippen molar-refractivity contribution in [3.8, 4) is 0 Å². The van der Waals surface area contributed by atoms with Crippen molar-refractivity contribution in [1.29, 1.82) is 0 Å². The van der Waals surface area contributed by atoms with Gasteiger partial charge in [0.1, 0.15) is 6.04 Å². The summed E-state index contributed by atoms with van der Waals surface area (Å²) in [4.78, 5) is 31.2. The average molecular weight is 483 g/mol. The van der Waals surface area contributed by atoms with Crippen LogP contribution < -0.4 is 10.2 Å². The topological polar surface area (TPSA) is 49.4 Å². The summed E-state index contributed by atoms with van der Waals surface area (Å²) in [6.45, 7) is 0. The summed E-state index contributed by atoms with van der Waals surface area (Å²) in [6.07, 6.45) is 1.16. The Hall–Kier alpha value is -3.48. The summed E-state index contributed by atoms with van der Waals surface area (Å²) in [5, 5.41) is 7.51. The van der Waals surface area contributed by atoms with Crippen molar-refractivity contribution in [3.63, 3.8) is 0 Å². The molecule has 6 heteroatoms. The quantitative estimate of drug-likeness (QED) is 0.341. The minimum absolute atomic E-state index is 0.0885. The molecule has 0 bridgehead atoms. The number of carbonyl (C=O) groups excluding carboxylic acids is 2. The van der Waals surface area contributed by atoms with Gasteiger partial charge in [-0.05, 0) is 52.9 Å². The Labute approximate surface area is 206 Å². The van der Waals surface area contributed by atoms with Gasteiger partial charge in [-0.15, -0.1) is 22.7 Å². The SMILES string of the molecule is O=C1C[C@@H](c2ccccc2)CC2=C1[C@@H](c1cccs1)N(C(=O)c1cccs1)c1ccccc1N2. The number of para-hydroxylation sites is 2. The molecule has 4 nitrogen and oxygen atoms in total. The first-order valence-electron chi connectivity index (χ1n) is 11.3. The first-order valence-corrected chi connectivity index (χ1v) is 13.0. The Kier molecular flexibility index (Phi) is 5.40. The van der Waals surface area contributed by atoms with E-state index in [2.05, 4.69) is 17.4 Å². The highest BCUT2D eigenvalue weighted by atomic mass is 32.1. The molecule has 1 amide bonds. The molecule has 0 fully saturated rings. The van der Waals surface area contributed by atoms with Crippen LogP contribution in [0.1, 0.15) is 44.9 Å². The monoisotopic (exact) mass is 482 g/mol. The van der Waals surface area contributed by atoms with E-state index in [-0.39, 0.29) is 17.6 Å². The van der Waals surface area contributed by atoms with E-state index in [1.165, 1.54) is 16.9 Å². The number of anilines is 2. The van der Waals surface area contributed by atoms with E-state index in [0.29, 0.717) is 16.9 Å². The van der Waals surface area contributed by atoms with E-state index in [9.17, 15) is 9.59 Å². The fourth-order valence-corrected chi connectivity index (χ4v) is 6.49. The van der Waals surface area contributed by atoms with E-state index in [4.69, 9.17) is 0 Å². The molecule has 0 saturated carbocycles. The lowest BCUT2D eigenvalue weighted by Crippen LogP contribution is -2.37. The van der Waals surface area contributed by atoms with Gasteiger partial charge in [0, 0.05) is 22.6 Å². The minimum atomic E-state index is -0.468. The maximum atomic E-state index is 13.9. The van der Waals surface area contributed by atoms with Gasteiger partial charge in [0.2, 0.25) is 0 Å². The number of carbonyl (C=O) groups is 2. The van der Waals surface area contributed by atoms with Gasteiger partial charge in [0.05, 0.1) is 16.3 Å². The molecule has 0 saturated heterocycles. The largest absolute Gasteiger partial charge is 0.357 e. The van der Waals surface area contributed by atoms with Crippen molar-refractivity contribution in [2.75, 3.05) is 10.2 Å². The van der Waals surface area contributed by atoms with Crippen LogP contribution in [0.15, 0.2) is 101 Å². The molecule has 0 radical (unpaired) electrons. The maximum Gasteiger partial charge on any atom is 0.269 e. The Morgan fingerprint density at radius 1 is 0.853 bits per heavy atom. The predicted octanol–water partition coefficient (Wildman–Crippen LogP) is 7.02. The first-order chi connectivity index (χ1) is 16.7. The van der Waals surface area contributed by atoms with Gasteiger partial charge in [-0.3, -0.25) is 14.5 Å². The molecule has 3 heterocycles. The van der Waals surface area contributed by atoms with Gasteiger partial charge in [-0.25, -0.2) is 0 Å². The average Bonchev–Trinajstić information content (AvgIpc) is 3.57. The van der Waals surface area contributed by atoms with Crippen molar-refractivity contribution in [2.24, 2.45) is 0 Å². The Morgan fingerprint density at radius 3 is 2.38 bits per heavy atom. The molecule has 2 aliphatic rings. The molecule has 1 aliphatic carbocycles. The summed E-state index contributed by atoms with van der Waals surface area (Å²) >= 11 is 3.01. The fourth-order valence-electron chi connectivity index (χ4n) is 5.01. The molecule has 2 atom stereocenters. The van der Waals surface area contributed by atoms with Crippen molar-refractivity contribution >= 4 is 45.7 Å². The molecule has 6 rings (SSSR count). The van der Waals surface area contributed by atoms with Crippen LogP contribution >= 0.6 is 22.7 Å². The number of nitrogens with one attached hydrogen (secondary N) is 1. The lowest BCUT2D eigenvalue weighted by Gasteiger charge is -2.34. The number of Topliss-reactive ketones (excluding diaryl/α,β-unsaturated/α-hetero) is 1. The fraction of sp³-hybridized carbons (Fsp3) is 0.143. The normalized spacial score (nSPS) is 19.8. The molecule has 0 unspecified atom stereocenters. The van der Waals surface area contributed by atoms with Crippen molar-refractivity contribution in [3.05, 3.63) is 116 Å². The van der Waals surface area contributed by atoms with Gasteiger partial charge < -0.3 is 5.32 Å². The highest BCUT2D eigenvalue weighted by Gasteiger charge is 2.42. The van der Waals surface area contributed by atoms with Gasteiger partial charge in [0.25, 0.3) is 5.91 Å². The molecule has 2 aromatic carbocycles. The van der Waals surface area contributed by atoms with Crippen LogP contribution in [0.3, 0.4) is 0 Å². The second-order valence-electron chi connectivity index (χ2n) is 8.54. The van der Waals surface area contributed by atoms with Gasteiger partial charge in [-0.1, -0.05) is 54.6 Å². The number of thiophene rings is 2. The summed E-state index contributed by atoms with van der Waals surface area (Å²) in [5.74, 6) is 0.114. The summed E-state index contributed by atoms with van der Waals surface area (Å²) in [6, 6.07) is 25.4. The van der Waals surface area contributed by atoms with Crippen molar-refractivity contribution in [1.82, 2.24) is 0 Å². The first kappa shape index (κ1) is 21.1. The number of amides is 1. The number of hydrogen-bond donors (Lipinski definition) is 1. The van der Waals surface area contributed by atoms with E-state index >= 15 is 0 Å². The molecular weight excluding hydrogens is 460 g/mol. The van der Waals surface area contributed by atoms with E-state index in [1.54, 1.807) is 11.3 Å². The van der Waals surface area contributed by atoms with Crippen LogP contribution in [0.5, 0.6) is 0 Å². The Balaban J connectivity index is 1.55. The zero-order valence-electron chi connectivity index (χ0n) is 18.3. The zero-order chi connectivity index (χ0) is 23.1. The van der Waals surface area contributed by atoms with Gasteiger partial charge >= 0.3 is 0 Å². The number of rotatable bonds is 3. The number of hydrogen-bond acceptors (Lipinski definition) is 5. The van der Waals surface area contributed by atoms with Gasteiger partial charge in [-0.2, -0.15) is 0 Å². The number of fused-ring (bicyclic) bond motifs is 1. The summed E-state index contributed by atoms with van der Waals surface area (Å²) in [5.41, 5.74) is 4.42. The highest BCUT2D eigenvalue weighted by molar-refractivity contribution is 7.12. The summed E-state index contributed by atoms with van der Waals surface area (Å²) in [7, 11) is 0. The number of benzene rings is 2. The predicted molar refractivity (Wildman–Crippen MR) is 139 cm³/mol. The molecule has 4 aromatic rings. The van der Waals surface area contributed by atoms with Crippen molar-refractivity contribution < 1.29 is 9.59 Å². The van der Waals surface area contributed by atoms with Crippen LogP contribution in [-0.2, 0) is 4.79 Å². The summed E-state index contributed by atoms with van der Waals surface area (Å²) < 4.78 is 0. The molecule has 168 valence electrons. The standard InChI is InChI=1S/C28H22N2O2S2/c31-23-17-19(18-8-2-1-3-9-18)16-21-26(23)27(24-12-6-14-33-24)30(28(32)25-13-7-15-34-25)22-11-5-4-10-20(22)29-21/h1-15,19,27,29H,16-17H2/t19-,27+/m0/s1. The molecule has 34 heavy (non-hydrogen) atoms. The smallest absolute Gasteiger partial charge is 0.269 e. The van der Waals surface area contributed by atoms with Gasteiger partial charge in [0.15, 0.2) is 5.78 Å². The Morgan fingerprint density at radius 2 is 1.62 bits per heavy atom. The highest BCUT2D eigenvalue weighted by Crippen LogP contribution is 2.48. The Bertz CT molecular complexity index is 1380. The van der Waals surface area contributed by atoms with E-state index < -0.39 is 6.04 Å².